The lowest BCUT2D eigenvalue weighted by Gasteiger charge is -2.05. The van der Waals surface area contributed by atoms with E-state index < -0.39 is 0 Å². The Balaban J connectivity index is 1.90. The molecule has 4 heteroatoms. The van der Waals surface area contributed by atoms with E-state index in [0.29, 0.717) is 0 Å². The van der Waals surface area contributed by atoms with Gasteiger partial charge < -0.3 is 0 Å². The maximum Gasteiger partial charge on any atom is 0.139 e. The molecule has 4 aromatic rings. The smallest absolute Gasteiger partial charge is 0.139 e. The Hall–Kier alpha value is -2.72. The molecule has 0 spiro atoms. The summed E-state index contributed by atoms with van der Waals surface area (Å²) in [5, 5.41) is 4.19. The van der Waals surface area contributed by atoms with Gasteiger partial charge in [-0.1, -0.05) is 24.3 Å². The first-order valence-corrected chi connectivity index (χ1v) is 7.95. The summed E-state index contributed by atoms with van der Waals surface area (Å²) >= 11 is 1.69. The first-order chi connectivity index (χ1) is 10.9. The Morgan fingerprint density at radius 1 is 0.955 bits per heavy atom. The summed E-state index contributed by atoms with van der Waals surface area (Å²) < 4.78 is 2.08. The van der Waals surface area contributed by atoms with E-state index in [-0.39, 0.29) is 0 Å². The van der Waals surface area contributed by atoms with Gasteiger partial charge in [0.2, 0.25) is 0 Å². The molecule has 3 heterocycles. The fourth-order valence-electron chi connectivity index (χ4n) is 2.42. The van der Waals surface area contributed by atoms with Gasteiger partial charge in [0.15, 0.2) is 0 Å². The van der Waals surface area contributed by atoms with E-state index in [1.807, 2.05) is 42.5 Å². The maximum absolute atomic E-state index is 4.73. The van der Waals surface area contributed by atoms with Gasteiger partial charge in [-0.05, 0) is 52.7 Å². The lowest BCUT2D eigenvalue weighted by atomic mass is 10.3. The van der Waals surface area contributed by atoms with Crippen molar-refractivity contribution in [1.29, 1.82) is 0 Å². The molecule has 106 valence electrons. The van der Waals surface area contributed by atoms with Crippen molar-refractivity contribution in [3.8, 4) is 5.82 Å². The minimum atomic E-state index is 0.876. The fourth-order valence-corrected chi connectivity index (χ4v) is 3.05. The van der Waals surface area contributed by atoms with E-state index in [9.17, 15) is 0 Å². The second-order valence-corrected chi connectivity index (χ2v) is 5.65. The number of para-hydroxylation sites is 2. The average molecular weight is 303 g/mol. The standard InChI is InChI=1S/C18H13N3S/c1-2-6-16-15(5-1)20-18(9-8-14-10-12-22-13-14)21(16)17-7-3-4-11-19-17/h1-13H. The van der Waals surface area contributed by atoms with Gasteiger partial charge >= 0.3 is 0 Å². The molecule has 3 nitrogen and oxygen atoms in total. The van der Waals surface area contributed by atoms with Crippen molar-refractivity contribution < 1.29 is 0 Å². The number of hydrogen-bond acceptors (Lipinski definition) is 3. The maximum atomic E-state index is 4.73. The second kappa shape index (κ2) is 5.58. The highest BCUT2D eigenvalue weighted by molar-refractivity contribution is 7.08. The number of thiophene rings is 1. The van der Waals surface area contributed by atoms with Crippen molar-refractivity contribution in [1.82, 2.24) is 14.5 Å². The molecule has 1 aromatic carbocycles. The predicted octanol–water partition coefficient (Wildman–Crippen LogP) is 4.65. The lowest BCUT2D eigenvalue weighted by Crippen LogP contribution is -1.99. The summed E-state index contributed by atoms with van der Waals surface area (Å²) in [5.41, 5.74) is 3.22. The van der Waals surface area contributed by atoms with Crippen LogP contribution in [0.2, 0.25) is 0 Å². The number of imidazole rings is 1. The zero-order valence-electron chi connectivity index (χ0n) is 11.8. The van der Waals surface area contributed by atoms with Gasteiger partial charge in [0.1, 0.15) is 11.6 Å². The molecule has 0 radical (unpaired) electrons. The molecule has 4 rings (SSSR count). The fraction of sp³-hybridized carbons (Fsp3) is 0. The van der Waals surface area contributed by atoms with Crippen molar-refractivity contribution >= 4 is 34.5 Å². The van der Waals surface area contributed by atoms with Crippen LogP contribution in [0.25, 0.3) is 29.0 Å². The van der Waals surface area contributed by atoms with Gasteiger partial charge in [0.05, 0.1) is 11.0 Å². The Bertz CT molecular complexity index is 922. The summed E-state index contributed by atoms with van der Waals surface area (Å²) in [4.78, 5) is 9.20. The Kier molecular flexibility index (Phi) is 3.29. The second-order valence-electron chi connectivity index (χ2n) is 4.87. The summed E-state index contributed by atoms with van der Waals surface area (Å²) in [6.07, 6.45) is 5.92. The Morgan fingerprint density at radius 2 is 1.86 bits per heavy atom. The quantitative estimate of drug-likeness (QED) is 0.551. The first-order valence-electron chi connectivity index (χ1n) is 7.01. The van der Waals surface area contributed by atoms with Crippen LogP contribution in [0.15, 0.2) is 65.5 Å². The van der Waals surface area contributed by atoms with E-state index >= 15 is 0 Å². The van der Waals surface area contributed by atoms with Gasteiger partial charge in [-0.3, -0.25) is 4.57 Å². The number of benzene rings is 1. The first kappa shape index (κ1) is 13.0. The number of aromatic nitrogens is 3. The molecule has 0 aliphatic carbocycles. The van der Waals surface area contributed by atoms with Crippen LogP contribution in [0.5, 0.6) is 0 Å². The molecule has 0 aliphatic rings. The van der Waals surface area contributed by atoms with Crippen LogP contribution in [-0.2, 0) is 0 Å². The van der Waals surface area contributed by atoms with E-state index in [2.05, 4.69) is 38.5 Å². The predicted molar refractivity (Wildman–Crippen MR) is 92.1 cm³/mol. The number of pyridine rings is 1. The topological polar surface area (TPSA) is 30.7 Å². The van der Waals surface area contributed by atoms with Crippen molar-refractivity contribution in [2.75, 3.05) is 0 Å². The molecule has 0 saturated carbocycles. The van der Waals surface area contributed by atoms with Crippen LogP contribution in [0.4, 0.5) is 0 Å². The molecule has 0 amide bonds. The molecule has 0 aliphatic heterocycles. The number of rotatable bonds is 3. The van der Waals surface area contributed by atoms with Gasteiger partial charge in [-0.15, -0.1) is 0 Å². The average Bonchev–Trinajstić information content (AvgIpc) is 3.21. The van der Waals surface area contributed by atoms with Crippen LogP contribution in [0.3, 0.4) is 0 Å². The third-order valence-corrected chi connectivity index (χ3v) is 4.13. The number of fused-ring (bicyclic) bond motifs is 1. The number of nitrogens with zero attached hydrogens (tertiary/aromatic N) is 3. The normalized spacial score (nSPS) is 11.5. The SMILES string of the molecule is C(=Cc1nc2ccccc2n1-c1ccccn1)c1ccsc1. The minimum Gasteiger partial charge on any atom is -0.277 e. The molecule has 0 bridgehead atoms. The van der Waals surface area contributed by atoms with Crippen molar-refractivity contribution in [2.45, 2.75) is 0 Å². The molecule has 3 aromatic heterocycles. The van der Waals surface area contributed by atoms with Crippen LogP contribution >= 0.6 is 11.3 Å². The van der Waals surface area contributed by atoms with Crippen molar-refractivity contribution in [2.24, 2.45) is 0 Å². The Morgan fingerprint density at radius 3 is 2.68 bits per heavy atom. The molecule has 0 unspecified atom stereocenters. The van der Waals surface area contributed by atoms with Crippen LogP contribution in [-0.4, -0.2) is 14.5 Å². The number of hydrogen-bond donors (Lipinski definition) is 0. The zero-order valence-corrected chi connectivity index (χ0v) is 12.6. The molecule has 22 heavy (non-hydrogen) atoms. The lowest BCUT2D eigenvalue weighted by molar-refractivity contribution is 1.01. The third kappa shape index (κ3) is 2.34. The third-order valence-electron chi connectivity index (χ3n) is 3.43. The summed E-state index contributed by atoms with van der Waals surface area (Å²) in [6, 6.07) is 16.1. The molecular weight excluding hydrogens is 290 g/mol. The van der Waals surface area contributed by atoms with Gasteiger partial charge in [-0.25, -0.2) is 9.97 Å². The van der Waals surface area contributed by atoms with Gasteiger partial charge in [0, 0.05) is 6.20 Å². The highest BCUT2D eigenvalue weighted by Gasteiger charge is 2.10. The molecular formula is C18H13N3S. The zero-order chi connectivity index (χ0) is 14.8. The van der Waals surface area contributed by atoms with Crippen LogP contribution < -0.4 is 0 Å². The molecule has 0 saturated heterocycles. The Labute approximate surface area is 132 Å². The molecule has 0 N–H and O–H groups in total. The summed E-state index contributed by atoms with van der Waals surface area (Å²) in [7, 11) is 0. The van der Waals surface area contributed by atoms with Crippen LogP contribution in [0.1, 0.15) is 11.4 Å². The highest BCUT2D eigenvalue weighted by atomic mass is 32.1. The van der Waals surface area contributed by atoms with Gasteiger partial charge in [-0.2, -0.15) is 11.3 Å². The highest BCUT2D eigenvalue weighted by Crippen LogP contribution is 2.22. The summed E-state index contributed by atoms with van der Waals surface area (Å²) in [5.74, 6) is 1.76. The van der Waals surface area contributed by atoms with Gasteiger partial charge in [0.25, 0.3) is 0 Å². The largest absolute Gasteiger partial charge is 0.277 e. The molecule has 0 fully saturated rings. The minimum absolute atomic E-state index is 0.876. The van der Waals surface area contributed by atoms with E-state index in [1.165, 1.54) is 5.56 Å². The van der Waals surface area contributed by atoms with Crippen molar-refractivity contribution in [3.05, 3.63) is 76.9 Å². The van der Waals surface area contributed by atoms with E-state index in [0.717, 1.165) is 22.7 Å². The van der Waals surface area contributed by atoms with Crippen LogP contribution in [0, 0.1) is 0 Å². The summed E-state index contributed by atoms with van der Waals surface area (Å²) in [6.45, 7) is 0. The monoisotopic (exact) mass is 303 g/mol. The molecule has 0 atom stereocenters. The van der Waals surface area contributed by atoms with Crippen molar-refractivity contribution in [3.63, 3.8) is 0 Å². The van der Waals surface area contributed by atoms with E-state index in [4.69, 9.17) is 4.98 Å². The van der Waals surface area contributed by atoms with E-state index in [1.54, 1.807) is 17.5 Å².